The van der Waals surface area contributed by atoms with Gasteiger partial charge in [-0.05, 0) is 37.3 Å². The topological polar surface area (TPSA) is 55.8 Å². The quantitative estimate of drug-likeness (QED) is 0.909. The number of carboxylic acid groups (broad SMARTS) is 1. The number of methoxy groups -OCH3 is 1. The lowest BCUT2D eigenvalue weighted by Gasteiger charge is -2.12. The third-order valence-corrected chi connectivity index (χ3v) is 3.33. The Kier molecular flexibility index (Phi) is 4.70. The van der Waals surface area contributed by atoms with E-state index in [1.807, 2.05) is 25.1 Å². The maximum absolute atomic E-state index is 11.0. The summed E-state index contributed by atoms with van der Waals surface area (Å²) in [6.07, 6.45) is 0. The van der Waals surface area contributed by atoms with E-state index >= 15 is 0 Å². The molecule has 0 saturated carbocycles. The molecule has 0 aromatic heterocycles. The standard InChI is InChI=1S/C16H15ClO4/c1-10-3-6-15(20-2)11(7-10)9-21-12-4-5-14(17)13(8-12)16(18)19/h3-8H,9H2,1-2H3,(H,18,19). The SMILES string of the molecule is COc1ccc(C)cc1COc1ccc(Cl)c(C(=O)O)c1. The predicted octanol–water partition coefficient (Wildman–Crippen LogP) is 3.93. The van der Waals surface area contributed by atoms with Crippen molar-refractivity contribution in [2.24, 2.45) is 0 Å². The zero-order valence-corrected chi connectivity index (χ0v) is 12.5. The van der Waals surface area contributed by atoms with Crippen molar-refractivity contribution in [2.75, 3.05) is 7.11 Å². The Balaban J connectivity index is 2.19. The van der Waals surface area contributed by atoms with Gasteiger partial charge in [-0.25, -0.2) is 4.79 Å². The first-order valence-corrected chi connectivity index (χ1v) is 6.68. The second kappa shape index (κ2) is 6.50. The molecular weight excluding hydrogens is 292 g/mol. The van der Waals surface area contributed by atoms with Crippen LogP contribution in [-0.2, 0) is 6.61 Å². The Morgan fingerprint density at radius 1 is 1.24 bits per heavy atom. The first kappa shape index (κ1) is 15.2. The maximum Gasteiger partial charge on any atom is 0.337 e. The van der Waals surface area contributed by atoms with Crippen molar-refractivity contribution >= 4 is 17.6 Å². The zero-order valence-electron chi connectivity index (χ0n) is 11.7. The van der Waals surface area contributed by atoms with Crippen LogP contribution in [0.15, 0.2) is 36.4 Å². The van der Waals surface area contributed by atoms with Crippen molar-refractivity contribution in [3.63, 3.8) is 0 Å². The predicted molar refractivity (Wildman–Crippen MR) is 80.5 cm³/mol. The smallest absolute Gasteiger partial charge is 0.337 e. The highest BCUT2D eigenvalue weighted by Gasteiger charge is 2.11. The number of rotatable bonds is 5. The third-order valence-electron chi connectivity index (χ3n) is 3.00. The summed E-state index contributed by atoms with van der Waals surface area (Å²) in [6.45, 7) is 2.26. The summed E-state index contributed by atoms with van der Waals surface area (Å²) in [5.74, 6) is 0.0898. The van der Waals surface area contributed by atoms with Crippen LogP contribution in [0.3, 0.4) is 0 Å². The van der Waals surface area contributed by atoms with Crippen molar-refractivity contribution in [3.8, 4) is 11.5 Å². The molecule has 2 rings (SSSR count). The highest BCUT2D eigenvalue weighted by molar-refractivity contribution is 6.33. The molecule has 21 heavy (non-hydrogen) atoms. The molecule has 4 nitrogen and oxygen atoms in total. The number of benzene rings is 2. The van der Waals surface area contributed by atoms with Gasteiger partial charge in [0.25, 0.3) is 0 Å². The maximum atomic E-state index is 11.0. The van der Waals surface area contributed by atoms with Gasteiger partial charge in [0, 0.05) is 5.56 Å². The number of carbonyl (C=O) groups is 1. The van der Waals surface area contributed by atoms with Crippen LogP contribution in [0.25, 0.3) is 0 Å². The summed E-state index contributed by atoms with van der Waals surface area (Å²) in [7, 11) is 1.60. The van der Waals surface area contributed by atoms with Crippen LogP contribution in [-0.4, -0.2) is 18.2 Å². The number of aryl methyl sites for hydroxylation is 1. The second-order valence-electron chi connectivity index (χ2n) is 4.55. The van der Waals surface area contributed by atoms with Gasteiger partial charge in [0.1, 0.15) is 18.1 Å². The van der Waals surface area contributed by atoms with Gasteiger partial charge < -0.3 is 14.6 Å². The largest absolute Gasteiger partial charge is 0.496 e. The molecule has 0 atom stereocenters. The Hall–Kier alpha value is -2.20. The summed E-state index contributed by atoms with van der Waals surface area (Å²) >= 11 is 5.82. The van der Waals surface area contributed by atoms with E-state index in [1.54, 1.807) is 13.2 Å². The van der Waals surface area contributed by atoms with E-state index in [4.69, 9.17) is 26.2 Å². The van der Waals surface area contributed by atoms with Gasteiger partial charge in [0.2, 0.25) is 0 Å². The van der Waals surface area contributed by atoms with E-state index in [9.17, 15) is 4.79 Å². The molecule has 0 saturated heterocycles. The van der Waals surface area contributed by atoms with Gasteiger partial charge >= 0.3 is 5.97 Å². The van der Waals surface area contributed by atoms with Crippen LogP contribution >= 0.6 is 11.6 Å². The van der Waals surface area contributed by atoms with E-state index in [0.29, 0.717) is 5.75 Å². The highest BCUT2D eigenvalue weighted by Crippen LogP contribution is 2.25. The number of hydrogen-bond acceptors (Lipinski definition) is 3. The molecular formula is C16H15ClO4. The third kappa shape index (κ3) is 3.67. The zero-order chi connectivity index (χ0) is 15.4. The minimum Gasteiger partial charge on any atom is -0.496 e. The Morgan fingerprint density at radius 2 is 2.00 bits per heavy atom. The molecule has 0 aliphatic rings. The summed E-state index contributed by atoms with van der Waals surface area (Å²) in [5.41, 5.74) is 2.01. The lowest BCUT2D eigenvalue weighted by molar-refractivity contribution is 0.0696. The van der Waals surface area contributed by atoms with E-state index in [0.717, 1.165) is 16.9 Å². The Labute approximate surface area is 127 Å². The van der Waals surface area contributed by atoms with Crippen LogP contribution in [0.2, 0.25) is 5.02 Å². The normalized spacial score (nSPS) is 10.2. The van der Waals surface area contributed by atoms with Crippen LogP contribution < -0.4 is 9.47 Å². The van der Waals surface area contributed by atoms with E-state index in [2.05, 4.69) is 0 Å². The van der Waals surface area contributed by atoms with Gasteiger partial charge in [0.05, 0.1) is 17.7 Å². The first-order chi connectivity index (χ1) is 10.0. The average Bonchev–Trinajstić information content (AvgIpc) is 2.46. The number of ether oxygens (including phenoxy) is 2. The van der Waals surface area contributed by atoms with Gasteiger partial charge in [-0.1, -0.05) is 23.2 Å². The summed E-state index contributed by atoms with van der Waals surface area (Å²) in [4.78, 5) is 11.0. The fraction of sp³-hybridized carbons (Fsp3) is 0.188. The molecule has 0 spiro atoms. The highest BCUT2D eigenvalue weighted by atomic mass is 35.5. The van der Waals surface area contributed by atoms with Gasteiger partial charge in [-0.3, -0.25) is 0 Å². The lowest BCUT2D eigenvalue weighted by atomic mass is 10.1. The second-order valence-corrected chi connectivity index (χ2v) is 4.96. The molecule has 0 amide bonds. The van der Waals surface area contributed by atoms with Crippen molar-refractivity contribution in [2.45, 2.75) is 13.5 Å². The lowest BCUT2D eigenvalue weighted by Crippen LogP contribution is -2.02. The van der Waals surface area contributed by atoms with Crippen LogP contribution in [0.5, 0.6) is 11.5 Å². The van der Waals surface area contributed by atoms with Crippen LogP contribution in [0, 0.1) is 6.92 Å². The summed E-state index contributed by atoms with van der Waals surface area (Å²) in [6, 6.07) is 10.3. The number of aromatic carboxylic acids is 1. The van der Waals surface area contributed by atoms with Crippen LogP contribution in [0.4, 0.5) is 0 Å². The summed E-state index contributed by atoms with van der Waals surface area (Å²) < 4.78 is 10.9. The molecule has 0 radical (unpaired) electrons. The monoisotopic (exact) mass is 306 g/mol. The van der Waals surface area contributed by atoms with Crippen LogP contribution in [0.1, 0.15) is 21.5 Å². The fourth-order valence-corrected chi connectivity index (χ4v) is 2.14. The number of hydrogen-bond donors (Lipinski definition) is 1. The van der Waals surface area contributed by atoms with Crippen molar-refractivity contribution < 1.29 is 19.4 Å². The number of carboxylic acids is 1. The summed E-state index contributed by atoms with van der Waals surface area (Å²) in [5, 5.41) is 9.22. The molecule has 0 fully saturated rings. The molecule has 2 aromatic rings. The molecule has 5 heteroatoms. The van der Waals surface area contributed by atoms with Crippen molar-refractivity contribution in [1.29, 1.82) is 0 Å². The van der Waals surface area contributed by atoms with Gasteiger partial charge in [0.15, 0.2) is 0 Å². The van der Waals surface area contributed by atoms with Gasteiger partial charge in [-0.2, -0.15) is 0 Å². The molecule has 0 unspecified atom stereocenters. The molecule has 1 N–H and O–H groups in total. The van der Waals surface area contributed by atoms with E-state index in [1.165, 1.54) is 12.1 Å². The molecule has 0 heterocycles. The molecule has 0 aliphatic carbocycles. The minimum absolute atomic E-state index is 0.0189. The molecule has 0 bridgehead atoms. The van der Waals surface area contributed by atoms with E-state index in [-0.39, 0.29) is 17.2 Å². The van der Waals surface area contributed by atoms with Gasteiger partial charge in [-0.15, -0.1) is 0 Å². The molecule has 2 aromatic carbocycles. The number of halogens is 1. The van der Waals surface area contributed by atoms with E-state index < -0.39 is 5.97 Å². The minimum atomic E-state index is -1.08. The van der Waals surface area contributed by atoms with Crippen molar-refractivity contribution in [1.82, 2.24) is 0 Å². The van der Waals surface area contributed by atoms with Crippen molar-refractivity contribution in [3.05, 3.63) is 58.1 Å². The molecule has 0 aliphatic heterocycles. The first-order valence-electron chi connectivity index (χ1n) is 6.30. The fourth-order valence-electron chi connectivity index (χ4n) is 1.94. The Morgan fingerprint density at radius 3 is 2.67 bits per heavy atom. The molecule has 110 valence electrons. The Bertz CT molecular complexity index is 667. The average molecular weight is 307 g/mol.